The van der Waals surface area contributed by atoms with Crippen LogP contribution in [-0.2, 0) is 24.5 Å². The summed E-state index contributed by atoms with van der Waals surface area (Å²) in [6, 6.07) is 11.5. The second-order valence-electron chi connectivity index (χ2n) is 7.71. The zero-order valence-electron chi connectivity index (χ0n) is 18.8. The largest absolute Gasteiger partial charge is 0.487 e. The maximum absolute atomic E-state index is 13.9. The van der Waals surface area contributed by atoms with E-state index in [1.165, 1.54) is 6.07 Å². The van der Waals surface area contributed by atoms with Crippen LogP contribution in [0.25, 0.3) is 0 Å². The van der Waals surface area contributed by atoms with Gasteiger partial charge in [0.25, 0.3) is 5.56 Å². The summed E-state index contributed by atoms with van der Waals surface area (Å²) in [5.74, 6) is -1.77. The number of benzene rings is 2. The Kier molecular flexibility index (Phi) is 10.4. The van der Waals surface area contributed by atoms with Crippen molar-refractivity contribution in [2.24, 2.45) is 5.73 Å². The third-order valence-electron chi connectivity index (χ3n) is 5.26. The highest BCUT2D eigenvalue weighted by atomic mass is 79.9. The smallest absolute Gasteiger partial charge is 0.269 e. The number of hydrogen-bond acceptors (Lipinski definition) is 5. The van der Waals surface area contributed by atoms with Crippen LogP contribution in [0.5, 0.6) is 5.75 Å². The van der Waals surface area contributed by atoms with Gasteiger partial charge in [0.1, 0.15) is 34.5 Å². The summed E-state index contributed by atoms with van der Waals surface area (Å²) in [6.45, 7) is 1.87. The van der Waals surface area contributed by atoms with Crippen LogP contribution in [-0.4, -0.2) is 28.2 Å². The number of nitrogens with two attached hydrogens (primary N) is 1. The van der Waals surface area contributed by atoms with E-state index < -0.39 is 23.6 Å². The summed E-state index contributed by atoms with van der Waals surface area (Å²) in [6.07, 6.45) is 0. The first-order chi connectivity index (χ1) is 16.2. The van der Waals surface area contributed by atoms with Gasteiger partial charge in [-0.15, -0.1) is 12.4 Å². The van der Waals surface area contributed by atoms with Gasteiger partial charge in [0.2, 0.25) is 5.91 Å². The maximum atomic E-state index is 13.9. The van der Waals surface area contributed by atoms with E-state index in [9.17, 15) is 18.4 Å². The molecule has 0 aliphatic heterocycles. The van der Waals surface area contributed by atoms with E-state index in [2.05, 4.69) is 21.2 Å². The molecule has 0 spiro atoms. The van der Waals surface area contributed by atoms with Crippen molar-refractivity contribution < 1.29 is 23.4 Å². The third kappa shape index (κ3) is 7.35. The fraction of sp³-hybridized carbons (Fsp3) is 0.250. The molecule has 3 aromatic rings. The highest BCUT2D eigenvalue weighted by Gasteiger charge is 2.15. The maximum Gasteiger partial charge on any atom is 0.269 e. The highest BCUT2D eigenvalue weighted by Crippen LogP contribution is 2.24. The first kappa shape index (κ1) is 28.4. The molecule has 0 fully saturated rings. The minimum atomic E-state index is -0.821. The number of aliphatic hydroxyl groups excluding tert-OH is 1. The first-order valence-corrected chi connectivity index (χ1v) is 11.2. The molecule has 1 aromatic heterocycles. The summed E-state index contributed by atoms with van der Waals surface area (Å²) >= 11 is 3.27. The number of aryl methyl sites for hydroxylation is 1. The highest BCUT2D eigenvalue weighted by molar-refractivity contribution is 9.10. The molecule has 0 saturated carbocycles. The van der Waals surface area contributed by atoms with Crippen LogP contribution >= 0.6 is 28.3 Å². The van der Waals surface area contributed by atoms with E-state index in [1.54, 1.807) is 17.6 Å². The minimum absolute atomic E-state index is 0. The molecule has 0 radical (unpaired) electrons. The van der Waals surface area contributed by atoms with Gasteiger partial charge >= 0.3 is 0 Å². The van der Waals surface area contributed by atoms with Crippen molar-refractivity contribution in [3.8, 4) is 5.75 Å². The molecule has 188 valence electrons. The van der Waals surface area contributed by atoms with E-state index >= 15 is 0 Å². The van der Waals surface area contributed by atoms with Crippen LogP contribution in [0.4, 0.5) is 8.78 Å². The van der Waals surface area contributed by atoms with Crippen molar-refractivity contribution in [3.63, 3.8) is 0 Å². The molecule has 35 heavy (non-hydrogen) atoms. The molecule has 7 nitrogen and oxygen atoms in total. The topological polar surface area (TPSA) is 107 Å². The standard InChI is InChI=1S/C24H24BrF2N3O4.ClH/c1-14-8-21(34-13-17-6-7-18(26)9-19(17)27)22(25)24(33)30(14)11-16-4-2-15(3-5-16)10-29-20(12-31)23(28)32;/h2-9,20,29,31H,10-13H2,1H3,(H2,28,32);1H. The third-order valence-corrected chi connectivity index (χ3v) is 5.99. The summed E-state index contributed by atoms with van der Waals surface area (Å²) < 4.78 is 34.3. The number of carbonyl (C=O) groups is 1. The van der Waals surface area contributed by atoms with Gasteiger partial charge in [0.15, 0.2) is 0 Å². The van der Waals surface area contributed by atoms with Gasteiger partial charge in [-0.2, -0.15) is 0 Å². The Morgan fingerprint density at radius 2 is 1.83 bits per heavy atom. The van der Waals surface area contributed by atoms with Gasteiger partial charge in [0, 0.05) is 29.9 Å². The molecular formula is C24H25BrClF2N3O4. The predicted molar refractivity (Wildman–Crippen MR) is 134 cm³/mol. The summed E-state index contributed by atoms with van der Waals surface area (Å²) in [5, 5.41) is 12.0. The number of nitrogens with one attached hydrogen (secondary N) is 1. The number of pyridine rings is 1. The van der Waals surface area contributed by atoms with Crippen LogP contribution in [0.3, 0.4) is 0 Å². The quantitative estimate of drug-likeness (QED) is 0.346. The average Bonchev–Trinajstić information content (AvgIpc) is 2.80. The van der Waals surface area contributed by atoms with Gasteiger partial charge in [0.05, 0.1) is 13.2 Å². The van der Waals surface area contributed by atoms with Crippen LogP contribution in [0, 0.1) is 18.6 Å². The Morgan fingerprint density at radius 3 is 2.43 bits per heavy atom. The van der Waals surface area contributed by atoms with Crippen LogP contribution < -0.4 is 21.3 Å². The Labute approximate surface area is 215 Å². The van der Waals surface area contributed by atoms with Crippen molar-refractivity contribution in [1.29, 1.82) is 0 Å². The second-order valence-corrected chi connectivity index (χ2v) is 8.51. The number of amides is 1. The lowest BCUT2D eigenvalue weighted by atomic mass is 10.1. The van der Waals surface area contributed by atoms with E-state index in [-0.39, 0.29) is 47.0 Å². The lowest BCUT2D eigenvalue weighted by molar-refractivity contribution is -0.120. The lowest BCUT2D eigenvalue weighted by Gasteiger charge is -2.15. The molecule has 0 saturated heterocycles. The second kappa shape index (κ2) is 12.8. The van der Waals surface area contributed by atoms with E-state index in [4.69, 9.17) is 15.6 Å². The SMILES string of the molecule is Cc1cc(OCc2ccc(F)cc2F)c(Br)c(=O)n1Cc1ccc(CNC(CO)C(N)=O)cc1.Cl. The molecule has 1 heterocycles. The van der Waals surface area contributed by atoms with Crippen LogP contribution in [0.15, 0.2) is 57.8 Å². The molecule has 4 N–H and O–H groups in total. The summed E-state index contributed by atoms with van der Waals surface area (Å²) in [7, 11) is 0. The number of aliphatic hydroxyl groups is 1. The van der Waals surface area contributed by atoms with E-state index in [0.717, 1.165) is 23.3 Å². The molecule has 0 aliphatic rings. The Bertz CT molecular complexity index is 1240. The molecule has 0 aliphatic carbocycles. The molecule has 2 aromatic carbocycles. The van der Waals surface area contributed by atoms with Crippen molar-refractivity contribution >= 4 is 34.2 Å². The number of halogens is 4. The Balaban J connectivity index is 0.00000432. The van der Waals surface area contributed by atoms with Crippen molar-refractivity contribution in [2.45, 2.75) is 32.7 Å². The van der Waals surface area contributed by atoms with Crippen molar-refractivity contribution in [3.05, 3.63) is 97.4 Å². The number of nitrogens with zero attached hydrogens (tertiary/aromatic N) is 1. The van der Waals surface area contributed by atoms with Crippen molar-refractivity contribution in [1.82, 2.24) is 9.88 Å². The number of ether oxygens (including phenoxy) is 1. The predicted octanol–water partition coefficient (Wildman–Crippen LogP) is 3.18. The molecule has 1 unspecified atom stereocenters. The van der Waals surface area contributed by atoms with Crippen LogP contribution in [0.1, 0.15) is 22.4 Å². The normalized spacial score (nSPS) is 11.6. The zero-order chi connectivity index (χ0) is 24.8. The molecule has 0 bridgehead atoms. The van der Waals surface area contributed by atoms with E-state index in [1.807, 2.05) is 24.3 Å². The van der Waals surface area contributed by atoms with Gasteiger partial charge in [-0.3, -0.25) is 14.9 Å². The van der Waals surface area contributed by atoms with Crippen LogP contribution in [0.2, 0.25) is 0 Å². The van der Waals surface area contributed by atoms with Gasteiger partial charge in [-0.05, 0) is 46.1 Å². The number of rotatable bonds is 10. The number of hydrogen-bond donors (Lipinski definition) is 3. The molecule has 11 heteroatoms. The fourth-order valence-corrected chi connectivity index (χ4v) is 3.70. The average molecular weight is 573 g/mol. The minimum Gasteiger partial charge on any atom is -0.487 e. The van der Waals surface area contributed by atoms with Crippen molar-refractivity contribution in [2.75, 3.05) is 6.61 Å². The summed E-state index contributed by atoms with van der Waals surface area (Å²) in [4.78, 5) is 24.1. The number of carbonyl (C=O) groups excluding carboxylic acids is 1. The fourth-order valence-electron chi connectivity index (χ4n) is 3.25. The van der Waals surface area contributed by atoms with E-state index in [0.29, 0.717) is 18.8 Å². The number of aromatic nitrogens is 1. The molecule has 1 atom stereocenters. The van der Waals surface area contributed by atoms with Gasteiger partial charge < -0.3 is 20.1 Å². The number of primary amides is 1. The summed E-state index contributed by atoms with van der Waals surface area (Å²) in [5.41, 5.74) is 7.45. The van der Waals surface area contributed by atoms with Gasteiger partial charge in [-0.1, -0.05) is 24.3 Å². The monoisotopic (exact) mass is 571 g/mol. The molecule has 3 rings (SSSR count). The molecule has 1 amide bonds. The molecular weight excluding hydrogens is 548 g/mol. The van der Waals surface area contributed by atoms with Gasteiger partial charge in [-0.25, -0.2) is 8.78 Å². The Morgan fingerprint density at radius 1 is 1.17 bits per heavy atom. The zero-order valence-corrected chi connectivity index (χ0v) is 21.2. The Hall–Kier alpha value is -2.79. The lowest BCUT2D eigenvalue weighted by Crippen LogP contribution is -2.43. The first-order valence-electron chi connectivity index (χ1n) is 10.4.